The van der Waals surface area contributed by atoms with Crippen molar-refractivity contribution in [1.29, 1.82) is 0 Å². The summed E-state index contributed by atoms with van der Waals surface area (Å²) in [6, 6.07) is 7.10. The normalized spacial score (nSPS) is 8.64. The fourth-order valence-electron chi connectivity index (χ4n) is 0.840. The molecule has 1 aromatic rings. The van der Waals surface area contributed by atoms with Crippen molar-refractivity contribution < 1.29 is 4.79 Å². The number of hydrogen-bond acceptors (Lipinski definition) is 2. The summed E-state index contributed by atoms with van der Waals surface area (Å²) in [5.41, 5.74) is 7.26. The van der Waals surface area contributed by atoms with E-state index in [1.165, 1.54) is 0 Å². The Hall–Kier alpha value is -1.48. The van der Waals surface area contributed by atoms with Gasteiger partial charge in [-0.15, -0.1) is 12.4 Å². The summed E-state index contributed by atoms with van der Waals surface area (Å²) in [7, 11) is 0. The average molecular weight is 213 g/mol. The van der Waals surface area contributed by atoms with Crippen LogP contribution >= 0.6 is 12.4 Å². The predicted octanol–water partition coefficient (Wildman–Crippen LogP) is 2.21. The summed E-state index contributed by atoms with van der Waals surface area (Å²) in [6.07, 6.45) is 0. The van der Waals surface area contributed by atoms with Crippen LogP contribution in [0.1, 0.15) is 6.92 Å². The number of anilines is 2. The van der Waals surface area contributed by atoms with E-state index in [0.717, 1.165) is 0 Å². The van der Waals surface area contributed by atoms with E-state index in [0.29, 0.717) is 16.9 Å². The molecule has 3 N–H and O–H groups in total. The molecule has 0 spiro atoms. The summed E-state index contributed by atoms with van der Waals surface area (Å²) in [5, 5.41) is 2.65. The molecule has 0 atom stereocenters. The second-order valence-electron chi connectivity index (χ2n) is 2.82. The first-order valence-corrected chi connectivity index (χ1v) is 3.92. The lowest BCUT2D eigenvalue weighted by Gasteiger charge is -2.06. The van der Waals surface area contributed by atoms with Gasteiger partial charge in [0.05, 0.1) is 11.4 Å². The Morgan fingerprint density at radius 3 is 2.50 bits per heavy atom. The molecule has 0 fully saturated rings. The molecular weight excluding hydrogens is 200 g/mol. The van der Waals surface area contributed by atoms with Crippen LogP contribution in [0.25, 0.3) is 0 Å². The van der Waals surface area contributed by atoms with Gasteiger partial charge >= 0.3 is 0 Å². The van der Waals surface area contributed by atoms with E-state index >= 15 is 0 Å². The molecule has 3 nitrogen and oxygen atoms in total. The number of benzene rings is 1. The highest BCUT2D eigenvalue weighted by Crippen LogP contribution is 2.16. The average Bonchev–Trinajstić information content (AvgIpc) is 2.08. The zero-order valence-corrected chi connectivity index (χ0v) is 8.73. The molecule has 4 heteroatoms. The maximum Gasteiger partial charge on any atom is 0.250 e. The summed E-state index contributed by atoms with van der Waals surface area (Å²) in [6.45, 7) is 5.18. The monoisotopic (exact) mass is 212 g/mol. The zero-order chi connectivity index (χ0) is 9.84. The molecule has 14 heavy (non-hydrogen) atoms. The van der Waals surface area contributed by atoms with Crippen LogP contribution < -0.4 is 11.1 Å². The summed E-state index contributed by atoms with van der Waals surface area (Å²) in [5.74, 6) is -0.210. The first kappa shape index (κ1) is 12.5. The highest BCUT2D eigenvalue weighted by molar-refractivity contribution is 6.04. The number of carbonyl (C=O) groups excluding carboxylic acids is 1. The van der Waals surface area contributed by atoms with Crippen LogP contribution in [-0.2, 0) is 4.79 Å². The van der Waals surface area contributed by atoms with E-state index in [1.807, 2.05) is 12.1 Å². The molecule has 0 radical (unpaired) electrons. The van der Waals surface area contributed by atoms with Gasteiger partial charge in [0, 0.05) is 5.57 Å². The number of amides is 1. The summed E-state index contributed by atoms with van der Waals surface area (Å²) < 4.78 is 0. The van der Waals surface area contributed by atoms with Crippen LogP contribution in [0.15, 0.2) is 36.4 Å². The van der Waals surface area contributed by atoms with Gasteiger partial charge in [-0.2, -0.15) is 0 Å². The first-order chi connectivity index (χ1) is 6.11. The number of hydrogen-bond donors (Lipinski definition) is 2. The summed E-state index contributed by atoms with van der Waals surface area (Å²) >= 11 is 0. The van der Waals surface area contributed by atoms with Gasteiger partial charge in [0.2, 0.25) is 0 Å². The number of nitrogen functional groups attached to an aromatic ring is 1. The van der Waals surface area contributed by atoms with Crippen LogP contribution in [0.2, 0.25) is 0 Å². The quantitative estimate of drug-likeness (QED) is 0.583. The number of para-hydroxylation sites is 2. The van der Waals surface area contributed by atoms with Gasteiger partial charge < -0.3 is 11.1 Å². The lowest BCUT2D eigenvalue weighted by atomic mass is 10.2. The minimum atomic E-state index is -0.210. The molecule has 1 amide bonds. The number of halogens is 1. The molecule has 0 saturated carbocycles. The van der Waals surface area contributed by atoms with Gasteiger partial charge in [0.25, 0.3) is 5.91 Å². The molecule has 0 saturated heterocycles. The van der Waals surface area contributed by atoms with Gasteiger partial charge in [0.15, 0.2) is 0 Å². The fourth-order valence-corrected chi connectivity index (χ4v) is 0.840. The Labute approximate surface area is 89.4 Å². The van der Waals surface area contributed by atoms with Crippen LogP contribution in [-0.4, -0.2) is 5.91 Å². The van der Waals surface area contributed by atoms with Crippen molar-refractivity contribution in [2.45, 2.75) is 6.92 Å². The molecule has 0 unspecified atom stereocenters. The standard InChI is InChI=1S/C10H12N2O.ClH/c1-7(2)10(13)12-9-6-4-3-5-8(9)11;/h3-6H,1,11H2,2H3,(H,12,13);1H. The van der Waals surface area contributed by atoms with Gasteiger partial charge in [-0.25, -0.2) is 0 Å². The van der Waals surface area contributed by atoms with Crippen molar-refractivity contribution in [3.05, 3.63) is 36.4 Å². The SMILES string of the molecule is C=C(C)C(=O)Nc1ccccc1N.Cl. The Morgan fingerprint density at radius 2 is 2.00 bits per heavy atom. The molecule has 0 aliphatic rings. The minimum Gasteiger partial charge on any atom is -0.397 e. The Bertz CT molecular complexity index is 350. The lowest BCUT2D eigenvalue weighted by molar-refractivity contribution is -0.112. The maximum atomic E-state index is 11.2. The Balaban J connectivity index is 0.00000169. The van der Waals surface area contributed by atoms with Crippen molar-refractivity contribution >= 4 is 29.7 Å². The highest BCUT2D eigenvalue weighted by Gasteiger charge is 2.03. The molecule has 0 aliphatic carbocycles. The highest BCUT2D eigenvalue weighted by atomic mass is 35.5. The first-order valence-electron chi connectivity index (χ1n) is 3.92. The second kappa shape index (κ2) is 5.29. The topological polar surface area (TPSA) is 55.1 Å². The molecule has 0 heterocycles. The van der Waals surface area contributed by atoms with E-state index in [1.54, 1.807) is 19.1 Å². The number of nitrogens with two attached hydrogens (primary N) is 1. The molecular formula is C10H13ClN2O. The zero-order valence-electron chi connectivity index (χ0n) is 7.91. The van der Waals surface area contributed by atoms with Crippen molar-refractivity contribution in [2.75, 3.05) is 11.1 Å². The number of rotatable bonds is 2. The Morgan fingerprint density at radius 1 is 1.43 bits per heavy atom. The molecule has 76 valence electrons. The van der Waals surface area contributed by atoms with E-state index in [-0.39, 0.29) is 18.3 Å². The predicted molar refractivity (Wildman–Crippen MR) is 61.5 cm³/mol. The van der Waals surface area contributed by atoms with Crippen molar-refractivity contribution in [1.82, 2.24) is 0 Å². The van der Waals surface area contributed by atoms with Crippen molar-refractivity contribution in [3.8, 4) is 0 Å². The third-order valence-electron chi connectivity index (χ3n) is 1.60. The molecule has 0 bridgehead atoms. The van der Waals surface area contributed by atoms with Crippen molar-refractivity contribution in [3.63, 3.8) is 0 Å². The lowest BCUT2D eigenvalue weighted by Crippen LogP contribution is -2.12. The molecule has 1 aromatic carbocycles. The van der Waals surface area contributed by atoms with Crippen LogP contribution in [0, 0.1) is 0 Å². The van der Waals surface area contributed by atoms with Crippen molar-refractivity contribution in [2.24, 2.45) is 0 Å². The van der Waals surface area contributed by atoms with E-state index < -0.39 is 0 Å². The third-order valence-corrected chi connectivity index (χ3v) is 1.60. The molecule has 1 rings (SSSR count). The maximum absolute atomic E-state index is 11.2. The van der Waals surface area contributed by atoms with Gasteiger partial charge in [0.1, 0.15) is 0 Å². The van der Waals surface area contributed by atoms with Crippen LogP contribution in [0.5, 0.6) is 0 Å². The van der Waals surface area contributed by atoms with E-state index in [4.69, 9.17) is 5.73 Å². The largest absolute Gasteiger partial charge is 0.397 e. The third kappa shape index (κ3) is 3.11. The van der Waals surface area contributed by atoms with E-state index in [2.05, 4.69) is 11.9 Å². The summed E-state index contributed by atoms with van der Waals surface area (Å²) in [4.78, 5) is 11.2. The fraction of sp³-hybridized carbons (Fsp3) is 0.100. The smallest absolute Gasteiger partial charge is 0.250 e. The minimum absolute atomic E-state index is 0. The van der Waals surface area contributed by atoms with Crippen LogP contribution in [0.3, 0.4) is 0 Å². The molecule has 0 aromatic heterocycles. The van der Waals surface area contributed by atoms with E-state index in [9.17, 15) is 4.79 Å². The van der Waals surface area contributed by atoms with Gasteiger partial charge in [-0.05, 0) is 19.1 Å². The number of carbonyl (C=O) groups is 1. The van der Waals surface area contributed by atoms with Crippen LogP contribution in [0.4, 0.5) is 11.4 Å². The second-order valence-corrected chi connectivity index (χ2v) is 2.82. The molecule has 0 aliphatic heterocycles. The Kier molecular flexibility index (Phi) is 4.73. The number of nitrogens with one attached hydrogen (secondary N) is 1. The van der Waals surface area contributed by atoms with Gasteiger partial charge in [-0.3, -0.25) is 4.79 Å². The van der Waals surface area contributed by atoms with Gasteiger partial charge in [-0.1, -0.05) is 18.7 Å².